The van der Waals surface area contributed by atoms with Crippen LogP contribution in [0.3, 0.4) is 0 Å². The molecule has 0 fully saturated rings. The van der Waals surface area contributed by atoms with Gasteiger partial charge in [0.2, 0.25) is 17.6 Å². The molecule has 0 unspecified atom stereocenters. The lowest BCUT2D eigenvalue weighted by Gasteiger charge is -2.20. The molecule has 0 saturated carbocycles. The molecule has 2 amide bonds. The van der Waals surface area contributed by atoms with E-state index >= 15 is 0 Å². The maximum Gasteiger partial charge on any atom is 0.246 e. The summed E-state index contributed by atoms with van der Waals surface area (Å²) in [5, 5.41) is 24.0. The Hall–Kier alpha value is -3.66. The summed E-state index contributed by atoms with van der Waals surface area (Å²) in [6.07, 6.45) is 0. The number of halogens is 1. The van der Waals surface area contributed by atoms with Crippen LogP contribution in [-0.2, 0) is 22.7 Å². The Balaban J connectivity index is 1.56. The molecule has 0 aliphatic heterocycles. The molecule has 1 aromatic heterocycles. The SMILES string of the molecule is Cc1ccc(-c2nnn(CC(=O)N(CCO)CC(=O)NCc3ccc(F)cc3)n2)cc1. The van der Waals surface area contributed by atoms with Crippen LogP contribution in [0.25, 0.3) is 11.4 Å². The second-order valence-electron chi connectivity index (χ2n) is 6.95. The minimum atomic E-state index is -0.432. The maximum atomic E-state index is 13.0. The third kappa shape index (κ3) is 6.41. The molecule has 0 aliphatic rings. The standard InChI is InChI=1S/C21H23FN6O3/c1-15-2-6-17(7-3-15)21-24-26-28(25-21)14-20(31)27(10-11-29)13-19(30)23-12-16-4-8-18(22)9-5-16/h2-9,29H,10-14H2,1H3,(H,23,30). The summed E-state index contributed by atoms with van der Waals surface area (Å²) >= 11 is 0. The van der Waals surface area contributed by atoms with Crippen molar-refractivity contribution >= 4 is 11.8 Å². The van der Waals surface area contributed by atoms with E-state index in [4.69, 9.17) is 0 Å². The van der Waals surface area contributed by atoms with Gasteiger partial charge in [-0.1, -0.05) is 42.0 Å². The molecular weight excluding hydrogens is 403 g/mol. The first-order valence-electron chi connectivity index (χ1n) is 9.69. The third-order valence-electron chi connectivity index (χ3n) is 4.50. The largest absolute Gasteiger partial charge is 0.395 e. The highest BCUT2D eigenvalue weighted by atomic mass is 19.1. The molecule has 0 saturated heterocycles. The topological polar surface area (TPSA) is 113 Å². The molecule has 1 heterocycles. The third-order valence-corrected chi connectivity index (χ3v) is 4.50. The number of hydrogen-bond donors (Lipinski definition) is 2. The molecule has 10 heteroatoms. The molecule has 2 aromatic carbocycles. The summed E-state index contributed by atoms with van der Waals surface area (Å²) in [6, 6.07) is 13.3. The highest BCUT2D eigenvalue weighted by Gasteiger charge is 2.19. The number of amides is 2. The lowest BCUT2D eigenvalue weighted by Crippen LogP contribution is -2.43. The zero-order chi connectivity index (χ0) is 22.2. The number of carbonyl (C=O) groups excluding carboxylic acids is 2. The zero-order valence-corrected chi connectivity index (χ0v) is 17.0. The zero-order valence-electron chi connectivity index (χ0n) is 17.0. The fourth-order valence-corrected chi connectivity index (χ4v) is 2.79. The van der Waals surface area contributed by atoms with Crippen molar-refractivity contribution in [2.45, 2.75) is 20.0 Å². The van der Waals surface area contributed by atoms with Crippen LogP contribution in [0, 0.1) is 12.7 Å². The van der Waals surface area contributed by atoms with Crippen LogP contribution in [0.2, 0.25) is 0 Å². The highest BCUT2D eigenvalue weighted by molar-refractivity contribution is 5.84. The summed E-state index contributed by atoms with van der Waals surface area (Å²) < 4.78 is 13.0. The maximum absolute atomic E-state index is 13.0. The molecule has 0 spiro atoms. The number of nitrogens with one attached hydrogen (secondary N) is 1. The normalized spacial score (nSPS) is 10.7. The summed E-state index contributed by atoms with van der Waals surface area (Å²) in [4.78, 5) is 27.2. The van der Waals surface area contributed by atoms with Gasteiger partial charge in [-0.3, -0.25) is 9.59 Å². The van der Waals surface area contributed by atoms with E-state index < -0.39 is 11.8 Å². The Morgan fingerprint density at radius 2 is 1.84 bits per heavy atom. The van der Waals surface area contributed by atoms with E-state index in [1.165, 1.54) is 17.0 Å². The first-order chi connectivity index (χ1) is 14.9. The second-order valence-corrected chi connectivity index (χ2v) is 6.95. The van der Waals surface area contributed by atoms with Crippen molar-refractivity contribution in [2.75, 3.05) is 19.7 Å². The predicted molar refractivity (Wildman–Crippen MR) is 110 cm³/mol. The molecule has 0 aliphatic carbocycles. The Morgan fingerprint density at radius 3 is 2.52 bits per heavy atom. The number of aliphatic hydroxyl groups is 1. The molecule has 31 heavy (non-hydrogen) atoms. The smallest absolute Gasteiger partial charge is 0.246 e. The average Bonchev–Trinajstić information content (AvgIpc) is 3.22. The quantitative estimate of drug-likeness (QED) is 0.526. The van der Waals surface area contributed by atoms with Gasteiger partial charge in [-0.2, -0.15) is 4.80 Å². The van der Waals surface area contributed by atoms with Gasteiger partial charge in [0.25, 0.3) is 0 Å². The van der Waals surface area contributed by atoms with Gasteiger partial charge in [0.05, 0.1) is 13.2 Å². The van der Waals surface area contributed by atoms with Crippen LogP contribution in [0.4, 0.5) is 4.39 Å². The van der Waals surface area contributed by atoms with Gasteiger partial charge in [0, 0.05) is 18.7 Å². The van der Waals surface area contributed by atoms with Crippen molar-refractivity contribution in [3.05, 3.63) is 65.5 Å². The molecule has 3 aromatic rings. The van der Waals surface area contributed by atoms with Crippen molar-refractivity contribution in [1.29, 1.82) is 0 Å². The van der Waals surface area contributed by atoms with Crippen LogP contribution in [0.5, 0.6) is 0 Å². The first-order valence-corrected chi connectivity index (χ1v) is 9.69. The molecule has 9 nitrogen and oxygen atoms in total. The Labute approximate surface area is 178 Å². The van der Waals surface area contributed by atoms with E-state index in [-0.39, 0.29) is 38.6 Å². The van der Waals surface area contributed by atoms with Gasteiger partial charge in [0.1, 0.15) is 12.4 Å². The van der Waals surface area contributed by atoms with Crippen molar-refractivity contribution < 1.29 is 19.1 Å². The van der Waals surface area contributed by atoms with E-state index in [1.54, 1.807) is 12.1 Å². The number of nitrogens with zero attached hydrogens (tertiary/aromatic N) is 5. The highest BCUT2D eigenvalue weighted by Crippen LogP contribution is 2.14. The molecule has 3 rings (SSSR count). The van der Waals surface area contributed by atoms with Crippen molar-refractivity contribution in [2.24, 2.45) is 0 Å². The van der Waals surface area contributed by atoms with Crippen LogP contribution in [0.15, 0.2) is 48.5 Å². The van der Waals surface area contributed by atoms with Crippen molar-refractivity contribution in [3.8, 4) is 11.4 Å². The van der Waals surface area contributed by atoms with Crippen molar-refractivity contribution in [1.82, 2.24) is 30.4 Å². The Kier molecular flexibility index (Phi) is 7.39. The molecule has 0 atom stereocenters. The average molecular weight is 426 g/mol. The number of carbonyl (C=O) groups is 2. The molecular formula is C21H23FN6O3. The Morgan fingerprint density at radius 1 is 1.13 bits per heavy atom. The van der Waals surface area contributed by atoms with Gasteiger partial charge in [-0.25, -0.2) is 4.39 Å². The summed E-state index contributed by atoms with van der Waals surface area (Å²) in [7, 11) is 0. The minimum absolute atomic E-state index is 0.0116. The first kappa shape index (κ1) is 22.0. The second kappa shape index (κ2) is 10.4. The van der Waals surface area contributed by atoms with E-state index in [2.05, 4.69) is 20.7 Å². The number of tetrazole rings is 1. The monoisotopic (exact) mass is 426 g/mol. The summed E-state index contributed by atoms with van der Waals surface area (Å²) in [5.74, 6) is -0.808. The molecule has 162 valence electrons. The lowest BCUT2D eigenvalue weighted by molar-refractivity contribution is -0.137. The van der Waals surface area contributed by atoms with Crippen LogP contribution in [-0.4, -0.2) is 61.7 Å². The fraction of sp³-hybridized carbons (Fsp3) is 0.286. The summed E-state index contributed by atoms with van der Waals surface area (Å²) in [6.45, 7) is 1.41. The van der Waals surface area contributed by atoms with Crippen LogP contribution < -0.4 is 5.32 Å². The minimum Gasteiger partial charge on any atom is -0.395 e. The number of aromatic nitrogens is 4. The number of aliphatic hydroxyl groups excluding tert-OH is 1. The predicted octanol–water partition coefficient (Wildman–Crippen LogP) is 0.925. The van der Waals surface area contributed by atoms with Gasteiger partial charge in [-0.05, 0) is 29.8 Å². The summed E-state index contributed by atoms with van der Waals surface area (Å²) in [5.41, 5.74) is 2.60. The van der Waals surface area contributed by atoms with E-state index in [0.29, 0.717) is 5.82 Å². The molecule has 0 bridgehead atoms. The molecule has 2 N–H and O–H groups in total. The van der Waals surface area contributed by atoms with Gasteiger partial charge in [-0.15, -0.1) is 10.2 Å². The fourth-order valence-electron chi connectivity index (χ4n) is 2.79. The van der Waals surface area contributed by atoms with Crippen molar-refractivity contribution in [3.63, 3.8) is 0 Å². The van der Waals surface area contributed by atoms with Crippen LogP contribution in [0.1, 0.15) is 11.1 Å². The number of benzene rings is 2. The van der Waals surface area contributed by atoms with E-state index in [9.17, 15) is 19.1 Å². The van der Waals surface area contributed by atoms with Gasteiger partial charge < -0.3 is 15.3 Å². The van der Waals surface area contributed by atoms with Gasteiger partial charge >= 0.3 is 0 Å². The van der Waals surface area contributed by atoms with Gasteiger partial charge in [0.15, 0.2) is 0 Å². The number of rotatable bonds is 9. The number of hydrogen-bond acceptors (Lipinski definition) is 6. The molecule has 0 radical (unpaired) electrons. The lowest BCUT2D eigenvalue weighted by atomic mass is 10.1. The van der Waals surface area contributed by atoms with E-state index in [0.717, 1.165) is 21.5 Å². The van der Waals surface area contributed by atoms with Crippen LogP contribution >= 0.6 is 0 Å². The van der Waals surface area contributed by atoms with E-state index in [1.807, 2.05) is 31.2 Å². The Bertz CT molecular complexity index is 1020. The number of aryl methyl sites for hydroxylation is 1.